The van der Waals surface area contributed by atoms with Crippen LogP contribution in [0.5, 0.6) is 0 Å². The fraction of sp³-hybridized carbons (Fsp3) is 0.900. The van der Waals surface area contributed by atoms with E-state index in [-0.39, 0.29) is 0 Å². The van der Waals surface area contributed by atoms with Crippen LogP contribution in [-0.2, 0) is 9.53 Å². The van der Waals surface area contributed by atoms with E-state index in [1.807, 2.05) is 6.92 Å². The Labute approximate surface area is 74.3 Å². The van der Waals surface area contributed by atoms with Gasteiger partial charge in [-0.25, -0.2) is 0 Å². The number of carbonyl (C=O) groups excluding carboxylic acids is 1. The average molecular weight is 170 g/mol. The van der Waals surface area contributed by atoms with E-state index in [2.05, 4.69) is 0 Å². The summed E-state index contributed by atoms with van der Waals surface area (Å²) >= 11 is 0. The first kappa shape index (κ1) is 9.72. The number of aldehydes is 1. The SMILES string of the molecule is COC(C)(C=O)CC1CCCC1. The summed E-state index contributed by atoms with van der Waals surface area (Å²) in [6.07, 6.45) is 7.02. The quantitative estimate of drug-likeness (QED) is 0.604. The van der Waals surface area contributed by atoms with Gasteiger partial charge in [-0.05, 0) is 19.3 Å². The number of rotatable bonds is 4. The highest BCUT2D eigenvalue weighted by atomic mass is 16.5. The second-order valence-electron chi connectivity index (χ2n) is 3.99. The molecule has 70 valence electrons. The molecule has 0 aromatic rings. The summed E-state index contributed by atoms with van der Waals surface area (Å²) in [5, 5.41) is 0. The van der Waals surface area contributed by atoms with Gasteiger partial charge in [0.2, 0.25) is 0 Å². The molecular weight excluding hydrogens is 152 g/mol. The minimum atomic E-state index is -0.533. The second-order valence-corrected chi connectivity index (χ2v) is 3.99. The van der Waals surface area contributed by atoms with Crippen molar-refractivity contribution >= 4 is 6.29 Å². The summed E-state index contributed by atoms with van der Waals surface area (Å²) in [4.78, 5) is 10.7. The molecule has 0 radical (unpaired) electrons. The lowest BCUT2D eigenvalue weighted by Gasteiger charge is -2.24. The van der Waals surface area contributed by atoms with Gasteiger partial charge in [-0.15, -0.1) is 0 Å². The van der Waals surface area contributed by atoms with Gasteiger partial charge in [0.25, 0.3) is 0 Å². The average Bonchev–Trinajstić information content (AvgIpc) is 2.57. The number of carbonyl (C=O) groups is 1. The lowest BCUT2D eigenvalue weighted by Crippen LogP contribution is -2.31. The molecule has 0 N–H and O–H groups in total. The fourth-order valence-electron chi connectivity index (χ4n) is 1.97. The molecule has 0 aromatic heterocycles. The van der Waals surface area contributed by atoms with Gasteiger partial charge in [0.15, 0.2) is 6.29 Å². The van der Waals surface area contributed by atoms with Crippen molar-refractivity contribution < 1.29 is 9.53 Å². The molecule has 0 saturated heterocycles. The summed E-state index contributed by atoms with van der Waals surface area (Å²) in [6, 6.07) is 0. The number of hydrogen-bond acceptors (Lipinski definition) is 2. The van der Waals surface area contributed by atoms with Crippen LogP contribution in [0.3, 0.4) is 0 Å². The lowest BCUT2D eigenvalue weighted by atomic mass is 9.92. The van der Waals surface area contributed by atoms with Gasteiger partial charge in [0.05, 0.1) is 0 Å². The van der Waals surface area contributed by atoms with Crippen molar-refractivity contribution in [2.24, 2.45) is 5.92 Å². The maximum Gasteiger partial charge on any atom is 0.151 e. The van der Waals surface area contributed by atoms with E-state index in [1.54, 1.807) is 7.11 Å². The van der Waals surface area contributed by atoms with Crippen LogP contribution in [0.25, 0.3) is 0 Å². The summed E-state index contributed by atoms with van der Waals surface area (Å²) in [6.45, 7) is 1.87. The molecule has 2 heteroatoms. The number of hydrogen-bond donors (Lipinski definition) is 0. The maximum absolute atomic E-state index is 10.7. The van der Waals surface area contributed by atoms with Gasteiger partial charge in [0, 0.05) is 7.11 Å². The van der Waals surface area contributed by atoms with E-state index in [0.29, 0.717) is 5.92 Å². The first-order chi connectivity index (χ1) is 5.70. The fourth-order valence-corrected chi connectivity index (χ4v) is 1.97. The predicted molar refractivity (Wildman–Crippen MR) is 48.1 cm³/mol. The summed E-state index contributed by atoms with van der Waals surface area (Å²) in [5.74, 6) is 0.708. The van der Waals surface area contributed by atoms with Gasteiger partial charge in [-0.3, -0.25) is 0 Å². The monoisotopic (exact) mass is 170 g/mol. The maximum atomic E-state index is 10.7. The Morgan fingerprint density at radius 2 is 2.08 bits per heavy atom. The predicted octanol–water partition coefficient (Wildman–Crippen LogP) is 2.17. The minimum absolute atomic E-state index is 0.533. The van der Waals surface area contributed by atoms with Gasteiger partial charge < -0.3 is 9.53 Å². The van der Waals surface area contributed by atoms with Crippen LogP contribution < -0.4 is 0 Å². The third kappa shape index (κ3) is 2.31. The Morgan fingerprint density at radius 3 is 2.50 bits per heavy atom. The van der Waals surface area contributed by atoms with E-state index < -0.39 is 5.60 Å². The smallest absolute Gasteiger partial charge is 0.151 e. The normalized spacial score (nSPS) is 23.8. The molecule has 1 unspecified atom stereocenters. The summed E-state index contributed by atoms with van der Waals surface area (Å²) in [5.41, 5.74) is -0.533. The van der Waals surface area contributed by atoms with E-state index in [0.717, 1.165) is 12.7 Å². The molecule has 1 saturated carbocycles. The molecule has 2 nitrogen and oxygen atoms in total. The molecule has 1 rings (SSSR count). The lowest BCUT2D eigenvalue weighted by molar-refractivity contribution is -0.127. The van der Waals surface area contributed by atoms with Crippen LogP contribution in [-0.4, -0.2) is 19.0 Å². The molecule has 1 atom stereocenters. The van der Waals surface area contributed by atoms with Gasteiger partial charge in [0.1, 0.15) is 5.60 Å². The Morgan fingerprint density at radius 1 is 1.50 bits per heavy atom. The number of methoxy groups -OCH3 is 1. The molecule has 0 spiro atoms. The van der Waals surface area contributed by atoms with Crippen molar-refractivity contribution in [3.05, 3.63) is 0 Å². The van der Waals surface area contributed by atoms with Crippen LogP contribution in [0.4, 0.5) is 0 Å². The molecule has 0 aliphatic heterocycles. The zero-order chi connectivity index (χ0) is 9.03. The van der Waals surface area contributed by atoms with E-state index in [4.69, 9.17) is 4.74 Å². The van der Waals surface area contributed by atoms with Crippen LogP contribution in [0.15, 0.2) is 0 Å². The van der Waals surface area contributed by atoms with E-state index >= 15 is 0 Å². The van der Waals surface area contributed by atoms with E-state index in [1.165, 1.54) is 25.7 Å². The molecule has 0 heterocycles. The van der Waals surface area contributed by atoms with Crippen LogP contribution >= 0.6 is 0 Å². The van der Waals surface area contributed by atoms with Crippen molar-refractivity contribution in [1.82, 2.24) is 0 Å². The van der Waals surface area contributed by atoms with Gasteiger partial charge >= 0.3 is 0 Å². The molecule has 1 aliphatic carbocycles. The van der Waals surface area contributed by atoms with Crippen molar-refractivity contribution in [3.63, 3.8) is 0 Å². The van der Waals surface area contributed by atoms with Crippen molar-refractivity contribution in [1.29, 1.82) is 0 Å². The molecule has 0 aromatic carbocycles. The third-order valence-corrected chi connectivity index (χ3v) is 2.88. The largest absolute Gasteiger partial charge is 0.371 e. The number of ether oxygens (including phenoxy) is 1. The first-order valence-corrected chi connectivity index (χ1v) is 4.72. The van der Waals surface area contributed by atoms with Gasteiger partial charge in [-0.2, -0.15) is 0 Å². The molecule has 1 fully saturated rings. The first-order valence-electron chi connectivity index (χ1n) is 4.72. The second kappa shape index (κ2) is 4.04. The van der Waals surface area contributed by atoms with Crippen molar-refractivity contribution in [3.8, 4) is 0 Å². The van der Waals surface area contributed by atoms with Crippen molar-refractivity contribution in [2.45, 2.75) is 44.6 Å². The zero-order valence-corrected chi connectivity index (χ0v) is 8.01. The highest BCUT2D eigenvalue weighted by Gasteiger charge is 2.28. The van der Waals surface area contributed by atoms with E-state index in [9.17, 15) is 4.79 Å². The highest BCUT2D eigenvalue weighted by Crippen LogP contribution is 2.32. The van der Waals surface area contributed by atoms with Gasteiger partial charge in [-0.1, -0.05) is 25.7 Å². The molecule has 0 amide bonds. The Bertz CT molecular complexity index is 150. The van der Waals surface area contributed by atoms with Crippen molar-refractivity contribution in [2.75, 3.05) is 7.11 Å². The minimum Gasteiger partial charge on any atom is -0.371 e. The van der Waals surface area contributed by atoms with Crippen LogP contribution in [0, 0.1) is 5.92 Å². The molecule has 1 aliphatic rings. The molecular formula is C10H18O2. The topological polar surface area (TPSA) is 26.3 Å². The summed E-state index contributed by atoms with van der Waals surface area (Å²) < 4.78 is 5.18. The third-order valence-electron chi connectivity index (χ3n) is 2.88. The zero-order valence-electron chi connectivity index (χ0n) is 8.01. The Kier molecular flexibility index (Phi) is 3.27. The Hall–Kier alpha value is -0.370. The Balaban J connectivity index is 2.40. The highest BCUT2D eigenvalue weighted by molar-refractivity contribution is 5.61. The molecule has 12 heavy (non-hydrogen) atoms. The summed E-state index contributed by atoms with van der Waals surface area (Å²) in [7, 11) is 1.61. The van der Waals surface area contributed by atoms with Crippen LogP contribution in [0.2, 0.25) is 0 Å². The standard InChI is InChI=1S/C10H18O2/c1-10(8-11,12-2)7-9-5-3-4-6-9/h8-9H,3-7H2,1-2H3. The molecule has 0 bridgehead atoms. The van der Waals surface area contributed by atoms with Crippen LogP contribution in [0.1, 0.15) is 39.0 Å².